The Morgan fingerprint density at radius 1 is 1.06 bits per heavy atom. The maximum Gasteiger partial charge on any atom is 0.286 e. The highest BCUT2D eigenvalue weighted by molar-refractivity contribution is 5.82. The van der Waals surface area contributed by atoms with E-state index in [9.17, 15) is 8.78 Å². The zero-order chi connectivity index (χ0) is 24.4. The number of pyridine rings is 1. The van der Waals surface area contributed by atoms with Gasteiger partial charge in [-0.1, -0.05) is 6.07 Å². The van der Waals surface area contributed by atoms with Crippen molar-refractivity contribution in [1.29, 1.82) is 0 Å². The minimum Gasteiger partial charge on any atom is -0.495 e. The van der Waals surface area contributed by atoms with E-state index in [1.807, 2.05) is 4.90 Å². The molecule has 11 nitrogen and oxygen atoms in total. The summed E-state index contributed by atoms with van der Waals surface area (Å²) in [6, 6.07) is 8.47. The lowest BCUT2D eigenvalue weighted by Crippen LogP contribution is -2.48. The first-order chi connectivity index (χ1) is 17.0. The van der Waals surface area contributed by atoms with Crippen molar-refractivity contribution in [1.82, 2.24) is 19.9 Å². The first-order valence-corrected chi connectivity index (χ1v) is 10.9. The van der Waals surface area contributed by atoms with Gasteiger partial charge in [-0.3, -0.25) is 0 Å². The number of hydrogen-bond donors (Lipinski definition) is 3. The van der Waals surface area contributed by atoms with Crippen LogP contribution >= 0.6 is 0 Å². The predicted molar refractivity (Wildman–Crippen MR) is 125 cm³/mol. The Morgan fingerprint density at radius 3 is 2.57 bits per heavy atom. The van der Waals surface area contributed by atoms with E-state index >= 15 is 0 Å². The second-order valence-corrected chi connectivity index (χ2v) is 7.84. The number of halogens is 2. The first kappa shape index (κ1) is 22.8. The molecule has 0 radical (unpaired) electrons. The molecule has 0 amide bonds. The fraction of sp³-hybridized carbons (Fsp3) is 0.364. The van der Waals surface area contributed by atoms with Crippen molar-refractivity contribution in [2.24, 2.45) is 0 Å². The van der Waals surface area contributed by atoms with Crippen LogP contribution in [0.15, 0.2) is 36.5 Å². The van der Waals surface area contributed by atoms with Crippen molar-refractivity contribution in [2.75, 3.05) is 61.4 Å². The van der Waals surface area contributed by atoms with Gasteiger partial charge in [-0.15, -0.1) is 0 Å². The van der Waals surface area contributed by atoms with E-state index in [0.29, 0.717) is 55.0 Å². The number of para-hydroxylation sites is 1. The number of hydrogen-bond acceptors (Lipinski definition) is 11. The van der Waals surface area contributed by atoms with Gasteiger partial charge in [0, 0.05) is 19.2 Å². The number of benzene rings is 1. The van der Waals surface area contributed by atoms with Gasteiger partial charge in [-0.05, 0) is 18.2 Å². The molecule has 0 spiro atoms. The Morgan fingerprint density at radius 2 is 1.89 bits per heavy atom. The highest BCUT2D eigenvalue weighted by Crippen LogP contribution is 2.46. The van der Waals surface area contributed by atoms with Crippen LogP contribution in [0, 0.1) is 0 Å². The number of fused-ring (bicyclic) bond motifs is 1. The third-order valence-corrected chi connectivity index (χ3v) is 5.70. The highest BCUT2D eigenvalue weighted by Gasteiger charge is 2.50. The highest BCUT2D eigenvalue weighted by atomic mass is 19.3. The molecule has 5 rings (SSSR count). The number of anilines is 5. The Kier molecular flexibility index (Phi) is 6.07. The lowest BCUT2D eigenvalue weighted by Gasteiger charge is -2.31. The molecule has 2 aliphatic rings. The largest absolute Gasteiger partial charge is 0.495 e. The molecule has 184 valence electrons. The minimum absolute atomic E-state index is 0.0926. The molecule has 1 unspecified atom stereocenters. The summed E-state index contributed by atoms with van der Waals surface area (Å²) in [4.78, 5) is 19.4. The van der Waals surface area contributed by atoms with Crippen LogP contribution in [0.2, 0.25) is 0 Å². The van der Waals surface area contributed by atoms with Crippen molar-refractivity contribution in [3.63, 3.8) is 0 Å². The minimum atomic E-state index is -2.92. The van der Waals surface area contributed by atoms with Gasteiger partial charge in [-0.25, -0.2) is 13.8 Å². The summed E-state index contributed by atoms with van der Waals surface area (Å²) in [5.74, 6) is 1.03. The Hall–Kier alpha value is -4.00. The SMILES string of the molecule is COc1ccc(Nc2nc(N3CCOCC3)nc(C3(C(F)F)Nc4cccc(OC)c4N3)n2)cn1. The molecule has 1 aromatic carbocycles. The summed E-state index contributed by atoms with van der Waals surface area (Å²) in [6.07, 6.45) is -1.39. The second kappa shape index (κ2) is 9.33. The monoisotopic (exact) mass is 486 g/mol. The smallest absolute Gasteiger partial charge is 0.286 e. The van der Waals surface area contributed by atoms with E-state index < -0.39 is 12.1 Å². The van der Waals surface area contributed by atoms with Gasteiger partial charge in [0.1, 0.15) is 11.4 Å². The van der Waals surface area contributed by atoms with Gasteiger partial charge in [0.15, 0.2) is 5.82 Å². The lowest BCUT2D eigenvalue weighted by molar-refractivity contribution is 0.0770. The van der Waals surface area contributed by atoms with E-state index in [4.69, 9.17) is 14.2 Å². The zero-order valence-electron chi connectivity index (χ0n) is 19.1. The molecule has 4 heterocycles. The van der Waals surface area contributed by atoms with E-state index in [1.165, 1.54) is 20.4 Å². The molecule has 1 saturated heterocycles. The van der Waals surface area contributed by atoms with E-state index in [-0.39, 0.29) is 17.7 Å². The van der Waals surface area contributed by atoms with E-state index in [0.717, 1.165) is 0 Å². The summed E-state index contributed by atoms with van der Waals surface area (Å²) in [5, 5.41) is 8.80. The predicted octanol–water partition coefficient (Wildman–Crippen LogP) is 2.82. The van der Waals surface area contributed by atoms with Gasteiger partial charge >= 0.3 is 0 Å². The van der Waals surface area contributed by atoms with Gasteiger partial charge in [0.05, 0.1) is 45.0 Å². The molecule has 1 atom stereocenters. The Bertz CT molecular complexity index is 1190. The quantitative estimate of drug-likeness (QED) is 0.457. The summed E-state index contributed by atoms with van der Waals surface area (Å²) >= 11 is 0. The molecule has 0 aliphatic carbocycles. The lowest BCUT2D eigenvalue weighted by atomic mass is 10.1. The van der Waals surface area contributed by atoms with Gasteiger partial charge < -0.3 is 35.1 Å². The fourth-order valence-electron chi connectivity index (χ4n) is 3.90. The van der Waals surface area contributed by atoms with E-state index in [2.05, 4.69) is 35.9 Å². The van der Waals surface area contributed by atoms with Gasteiger partial charge in [-0.2, -0.15) is 15.0 Å². The molecule has 35 heavy (non-hydrogen) atoms. The molecule has 0 saturated carbocycles. The molecule has 3 aromatic rings. The molecular formula is C22H24F2N8O3. The standard InChI is InChI=1S/C22H24F2N8O3/c1-33-15-5-3-4-14-17(15)31-22(30-14,18(23)24)19-27-20(26-13-6-7-16(34-2)25-12-13)29-21(28-19)32-8-10-35-11-9-32/h3-7,12,18,30-31H,8-11H2,1-2H3,(H,26,27,28,29). The van der Waals surface area contributed by atoms with Crippen molar-refractivity contribution < 1.29 is 23.0 Å². The summed E-state index contributed by atoms with van der Waals surface area (Å²) in [5.41, 5.74) is -0.696. The second-order valence-electron chi connectivity index (χ2n) is 7.84. The number of ether oxygens (including phenoxy) is 3. The Labute approximate surface area is 199 Å². The van der Waals surface area contributed by atoms with Crippen LogP contribution in [0.5, 0.6) is 11.6 Å². The molecule has 3 N–H and O–H groups in total. The number of aromatic nitrogens is 4. The third kappa shape index (κ3) is 4.30. The molecule has 2 aromatic heterocycles. The summed E-state index contributed by atoms with van der Waals surface area (Å²) in [6.45, 7) is 1.99. The van der Waals surface area contributed by atoms with Crippen LogP contribution in [0.1, 0.15) is 5.82 Å². The average molecular weight is 486 g/mol. The van der Waals surface area contributed by atoms with Crippen LogP contribution in [-0.4, -0.2) is 66.9 Å². The number of nitrogens with one attached hydrogen (secondary N) is 3. The third-order valence-electron chi connectivity index (χ3n) is 5.70. The van der Waals surface area contributed by atoms with Crippen LogP contribution in [0.3, 0.4) is 0 Å². The maximum absolute atomic E-state index is 14.8. The first-order valence-electron chi connectivity index (χ1n) is 10.9. The van der Waals surface area contributed by atoms with Crippen molar-refractivity contribution in [3.05, 3.63) is 42.4 Å². The van der Waals surface area contributed by atoms with Crippen molar-refractivity contribution in [3.8, 4) is 11.6 Å². The normalized spacial score (nSPS) is 19.1. The van der Waals surface area contributed by atoms with Crippen LogP contribution in [0.4, 0.5) is 37.7 Å². The molecular weight excluding hydrogens is 462 g/mol. The van der Waals surface area contributed by atoms with Gasteiger partial charge in [0.25, 0.3) is 6.43 Å². The topological polar surface area (TPSA) is 119 Å². The molecule has 1 fully saturated rings. The molecule has 13 heteroatoms. The average Bonchev–Trinajstić information content (AvgIpc) is 3.31. The number of nitrogens with zero attached hydrogens (tertiary/aromatic N) is 5. The molecule has 0 bridgehead atoms. The van der Waals surface area contributed by atoms with Crippen LogP contribution in [0.25, 0.3) is 0 Å². The fourth-order valence-corrected chi connectivity index (χ4v) is 3.90. The Balaban J connectivity index is 1.57. The van der Waals surface area contributed by atoms with Crippen LogP contribution in [-0.2, 0) is 10.4 Å². The van der Waals surface area contributed by atoms with Crippen molar-refractivity contribution >= 4 is 29.0 Å². The number of morpholine rings is 1. The number of alkyl halides is 2. The zero-order valence-corrected chi connectivity index (χ0v) is 19.1. The van der Waals surface area contributed by atoms with Crippen molar-refractivity contribution in [2.45, 2.75) is 12.1 Å². The van der Waals surface area contributed by atoms with Gasteiger partial charge in [0.2, 0.25) is 23.4 Å². The maximum atomic E-state index is 14.8. The number of methoxy groups -OCH3 is 2. The number of rotatable bonds is 7. The van der Waals surface area contributed by atoms with Crippen LogP contribution < -0.4 is 30.3 Å². The summed E-state index contributed by atoms with van der Waals surface area (Å²) in [7, 11) is 2.99. The summed E-state index contributed by atoms with van der Waals surface area (Å²) < 4.78 is 45.4. The molecule has 2 aliphatic heterocycles. The van der Waals surface area contributed by atoms with E-state index in [1.54, 1.807) is 30.3 Å².